The number of aryl methyl sites for hydroxylation is 1. The van der Waals surface area contributed by atoms with Crippen LogP contribution in [0.5, 0.6) is 5.75 Å². The van der Waals surface area contributed by atoms with Gasteiger partial charge in [-0.05, 0) is 30.4 Å². The number of aromatic nitrogens is 1. The topological polar surface area (TPSA) is 22.1 Å². The molecule has 0 aliphatic carbocycles. The van der Waals surface area contributed by atoms with Crippen molar-refractivity contribution in [1.82, 2.24) is 4.98 Å². The van der Waals surface area contributed by atoms with E-state index in [0.717, 1.165) is 17.7 Å². The van der Waals surface area contributed by atoms with Gasteiger partial charge in [0.15, 0.2) is 0 Å². The minimum absolute atomic E-state index is 0.976. The van der Waals surface area contributed by atoms with Gasteiger partial charge in [0.1, 0.15) is 5.75 Å². The first-order chi connectivity index (χ1) is 9.85. The van der Waals surface area contributed by atoms with Gasteiger partial charge in [-0.2, -0.15) is 0 Å². The highest BCUT2D eigenvalue weighted by molar-refractivity contribution is 6.07. The van der Waals surface area contributed by atoms with Crippen LogP contribution >= 0.6 is 0 Å². The van der Waals surface area contributed by atoms with Crippen molar-refractivity contribution >= 4 is 21.7 Å². The fourth-order valence-corrected chi connectivity index (χ4v) is 2.79. The van der Waals surface area contributed by atoms with Crippen molar-refractivity contribution in [2.45, 2.75) is 26.2 Å². The van der Waals surface area contributed by atoms with Crippen molar-refractivity contribution in [3.8, 4) is 5.75 Å². The molecule has 20 heavy (non-hydrogen) atoms. The molecule has 2 heteroatoms. The number of unbranched alkanes of at least 4 members (excludes halogenated alkanes) is 1. The lowest BCUT2D eigenvalue weighted by Gasteiger charge is -2.13. The first-order valence-electron chi connectivity index (χ1n) is 7.18. The second kappa shape index (κ2) is 5.49. The van der Waals surface area contributed by atoms with E-state index in [1.54, 1.807) is 7.11 Å². The molecule has 1 heterocycles. The molecule has 0 N–H and O–H groups in total. The summed E-state index contributed by atoms with van der Waals surface area (Å²) in [6, 6.07) is 12.5. The molecule has 0 radical (unpaired) electrons. The van der Waals surface area contributed by atoms with E-state index in [-0.39, 0.29) is 0 Å². The van der Waals surface area contributed by atoms with Gasteiger partial charge in [-0.3, -0.25) is 4.98 Å². The summed E-state index contributed by atoms with van der Waals surface area (Å²) in [5.74, 6) is 0.976. The zero-order valence-corrected chi connectivity index (χ0v) is 12.0. The maximum atomic E-state index is 5.57. The number of methoxy groups -OCH3 is 1. The van der Waals surface area contributed by atoms with Crippen molar-refractivity contribution in [2.75, 3.05) is 7.11 Å². The van der Waals surface area contributed by atoms with Crippen molar-refractivity contribution in [1.29, 1.82) is 0 Å². The zero-order chi connectivity index (χ0) is 13.9. The van der Waals surface area contributed by atoms with Crippen molar-refractivity contribution in [3.05, 3.63) is 48.2 Å². The second-order valence-corrected chi connectivity index (χ2v) is 5.09. The van der Waals surface area contributed by atoms with Crippen LogP contribution in [0.15, 0.2) is 42.6 Å². The highest BCUT2D eigenvalue weighted by Gasteiger charge is 2.11. The third kappa shape index (κ3) is 2.11. The van der Waals surface area contributed by atoms with E-state index in [1.807, 2.05) is 12.3 Å². The molecule has 2 aromatic carbocycles. The van der Waals surface area contributed by atoms with E-state index in [4.69, 9.17) is 4.74 Å². The maximum absolute atomic E-state index is 5.57. The van der Waals surface area contributed by atoms with Gasteiger partial charge in [-0.1, -0.05) is 37.6 Å². The Hall–Kier alpha value is -2.09. The molecule has 0 atom stereocenters. The van der Waals surface area contributed by atoms with Crippen LogP contribution in [-0.2, 0) is 6.42 Å². The average Bonchev–Trinajstić information content (AvgIpc) is 2.52. The first-order valence-corrected chi connectivity index (χ1v) is 7.18. The van der Waals surface area contributed by atoms with Crippen molar-refractivity contribution in [2.24, 2.45) is 0 Å². The van der Waals surface area contributed by atoms with E-state index >= 15 is 0 Å². The number of hydrogen-bond donors (Lipinski definition) is 0. The summed E-state index contributed by atoms with van der Waals surface area (Å²) in [4.78, 5) is 4.60. The summed E-state index contributed by atoms with van der Waals surface area (Å²) in [6.07, 6.45) is 5.33. The highest BCUT2D eigenvalue weighted by Crippen LogP contribution is 2.33. The SMILES string of the molecule is CCCCc1c(OC)ccc2ncc3ccccc3c12. The molecule has 0 fully saturated rings. The van der Waals surface area contributed by atoms with Crippen LogP contribution in [0.1, 0.15) is 25.3 Å². The molecule has 1 aromatic heterocycles. The fraction of sp³-hybridized carbons (Fsp3) is 0.278. The quantitative estimate of drug-likeness (QED) is 0.636. The van der Waals surface area contributed by atoms with Crippen molar-refractivity contribution < 1.29 is 4.74 Å². The van der Waals surface area contributed by atoms with Crippen LogP contribution in [0.3, 0.4) is 0 Å². The molecule has 0 saturated heterocycles. The lowest BCUT2D eigenvalue weighted by molar-refractivity contribution is 0.410. The molecule has 2 nitrogen and oxygen atoms in total. The van der Waals surface area contributed by atoms with Gasteiger partial charge >= 0.3 is 0 Å². The Morgan fingerprint density at radius 3 is 2.75 bits per heavy atom. The largest absolute Gasteiger partial charge is 0.496 e. The standard InChI is InChI=1S/C18H19NO/c1-3-4-8-15-17(20-2)11-10-16-18(15)14-9-6-5-7-13(14)12-19-16/h5-7,9-12H,3-4,8H2,1-2H3. The van der Waals surface area contributed by atoms with Crippen LogP contribution in [-0.4, -0.2) is 12.1 Å². The zero-order valence-electron chi connectivity index (χ0n) is 12.0. The molecule has 0 spiro atoms. The third-order valence-electron chi connectivity index (χ3n) is 3.82. The summed E-state index contributed by atoms with van der Waals surface area (Å²) in [5, 5.41) is 3.70. The minimum atomic E-state index is 0.976. The number of nitrogens with zero attached hydrogens (tertiary/aromatic N) is 1. The molecule has 0 aliphatic rings. The lowest BCUT2D eigenvalue weighted by Crippen LogP contribution is -1.96. The molecular weight excluding hydrogens is 246 g/mol. The van der Waals surface area contributed by atoms with Crippen LogP contribution < -0.4 is 4.74 Å². The predicted molar refractivity (Wildman–Crippen MR) is 84.4 cm³/mol. The summed E-state index contributed by atoms with van der Waals surface area (Å²) in [6.45, 7) is 2.22. The molecule has 0 aliphatic heterocycles. The Morgan fingerprint density at radius 1 is 1.10 bits per heavy atom. The van der Waals surface area contributed by atoms with E-state index in [1.165, 1.54) is 34.6 Å². The van der Waals surface area contributed by atoms with Crippen LogP contribution in [0.4, 0.5) is 0 Å². The molecule has 0 bridgehead atoms. The summed E-state index contributed by atoms with van der Waals surface area (Å²) >= 11 is 0. The van der Waals surface area contributed by atoms with Gasteiger partial charge in [-0.25, -0.2) is 0 Å². The van der Waals surface area contributed by atoms with Gasteiger partial charge in [0, 0.05) is 22.5 Å². The number of rotatable bonds is 4. The molecular formula is C18H19NO. The Bertz CT molecular complexity index is 749. The number of hydrogen-bond acceptors (Lipinski definition) is 2. The summed E-state index contributed by atoms with van der Waals surface area (Å²) in [5.41, 5.74) is 2.34. The summed E-state index contributed by atoms with van der Waals surface area (Å²) < 4.78 is 5.57. The molecule has 0 unspecified atom stereocenters. The third-order valence-corrected chi connectivity index (χ3v) is 3.82. The fourth-order valence-electron chi connectivity index (χ4n) is 2.79. The van der Waals surface area contributed by atoms with E-state index < -0.39 is 0 Å². The van der Waals surface area contributed by atoms with Crippen LogP contribution in [0.25, 0.3) is 21.7 Å². The lowest BCUT2D eigenvalue weighted by atomic mass is 9.97. The molecule has 3 rings (SSSR count). The van der Waals surface area contributed by atoms with Crippen molar-refractivity contribution in [3.63, 3.8) is 0 Å². The normalized spacial score (nSPS) is 11.1. The number of ether oxygens (including phenoxy) is 1. The van der Waals surface area contributed by atoms with Gasteiger partial charge in [-0.15, -0.1) is 0 Å². The highest BCUT2D eigenvalue weighted by atomic mass is 16.5. The number of fused-ring (bicyclic) bond motifs is 3. The average molecular weight is 265 g/mol. The van der Waals surface area contributed by atoms with Gasteiger partial charge in [0.05, 0.1) is 12.6 Å². The molecule has 3 aromatic rings. The van der Waals surface area contributed by atoms with Gasteiger partial charge in [0.25, 0.3) is 0 Å². The van der Waals surface area contributed by atoms with Crippen LogP contribution in [0, 0.1) is 0 Å². The van der Waals surface area contributed by atoms with E-state index in [0.29, 0.717) is 0 Å². The minimum Gasteiger partial charge on any atom is -0.496 e. The maximum Gasteiger partial charge on any atom is 0.122 e. The van der Waals surface area contributed by atoms with Crippen LogP contribution in [0.2, 0.25) is 0 Å². The first kappa shape index (κ1) is 12.9. The Kier molecular flexibility index (Phi) is 3.55. The second-order valence-electron chi connectivity index (χ2n) is 5.09. The Labute approximate surface area is 119 Å². The molecule has 0 saturated carbocycles. The van der Waals surface area contributed by atoms with E-state index in [2.05, 4.69) is 42.2 Å². The Morgan fingerprint density at radius 2 is 1.95 bits per heavy atom. The number of pyridine rings is 1. The molecule has 102 valence electrons. The summed E-state index contributed by atoms with van der Waals surface area (Å²) in [7, 11) is 1.75. The Balaban J connectivity index is 2.37. The smallest absolute Gasteiger partial charge is 0.122 e. The van der Waals surface area contributed by atoms with Gasteiger partial charge in [0.2, 0.25) is 0 Å². The van der Waals surface area contributed by atoms with E-state index in [9.17, 15) is 0 Å². The monoisotopic (exact) mass is 265 g/mol. The van der Waals surface area contributed by atoms with Gasteiger partial charge < -0.3 is 4.74 Å². The number of benzene rings is 2. The molecule has 0 amide bonds. The predicted octanol–water partition coefficient (Wildman–Crippen LogP) is 4.74.